The number of hydrogen-bond donors (Lipinski definition) is 2. The van der Waals surface area contributed by atoms with E-state index in [9.17, 15) is 0 Å². The standard InChI is InChI=1S/C12H15N3/c1-2-8-13-12-9-11(14-15-12)10-6-4-3-5-7-10/h3-7,9H,2,8H2,1H3,(H2,13,14,15). The summed E-state index contributed by atoms with van der Waals surface area (Å²) < 4.78 is 0. The molecule has 1 heterocycles. The molecule has 0 spiro atoms. The highest BCUT2D eigenvalue weighted by Gasteiger charge is 2.01. The smallest absolute Gasteiger partial charge is 0.122 e. The molecule has 15 heavy (non-hydrogen) atoms. The molecule has 0 bridgehead atoms. The molecule has 2 aromatic rings. The molecule has 3 nitrogen and oxygen atoms in total. The molecule has 0 saturated heterocycles. The maximum Gasteiger partial charge on any atom is 0.122 e. The van der Waals surface area contributed by atoms with Crippen LogP contribution in [0.3, 0.4) is 0 Å². The number of aromatic nitrogens is 2. The van der Waals surface area contributed by atoms with Crippen LogP contribution in [0.2, 0.25) is 0 Å². The second-order valence-corrected chi connectivity index (χ2v) is 3.46. The zero-order valence-electron chi connectivity index (χ0n) is 8.83. The van der Waals surface area contributed by atoms with Crippen molar-refractivity contribution in [2.75, 3.05) is 11.9 Å². The molecule has 2 N–H and O–H groups in total. The van der Waals surface area contributed by atoms with Crippen molar-refractivity contribution in [1.29, 1.82) is 0 Å². The first kappa shape index (κ1) is 9.77. The Kier molecular flexibility index (Phi) is 3.02. The minimum Gasteiger partial charge on any atom is -0.370 e. The van der Waals surface area contributed by atoms with E-state index in [4.69, 9.17) is 0 Å². The number of hydrogen-bond acceptors (Lipinski definition) is 2. The van der Waals surface area contributed by atoms with Gasteiger partial charge in [0.25, 0.3) is 0 Å². The Balaban J connectivity index is 2.14. The second kappa shape index (κ2) is 4.64. The molecule has 78 valence electrons. The fourth-order valence-corrected chi connectivity index (χ4v) is 1.43. The summed E-state index contributed by atoms with van der Waals surface area (Å²) in [7, 11) is 0. The SMILES string of the molecule is CCCNc1cc(-c2ccccc2)n[nH]1. The van der Waals surface area contributed by atoms with E-state index in [-0.39, 0.29) is 0 Å². The number of rotatable bonds is 4. The lowest BCUT2D eigenvalue weighted by Gasteiger charge is -1.97. The second-order valence-electron chi connectivity index (χ2n) is 3.46. The van der Waals surface area contributed by atoms with Crippen molar-refractivity contribution in [1.82, 2.24) is 10.2 Å². The first-order chi connectivity index (χ1) is 7.40. The van der Waals surface area contributed by atoms with Gasteiger partial charge in [0.05, 0.1) is 5.69 Å². The lowest BCUT2D eigenvalue weighted by molar-refractivity contribution is 0.961. The van der Waals surface area contributed by atoms with Crippen LogP contribution in [-0.2, 0) is 0 Å². The first-order valence-electron chi connectivity index (χ1n) is 5.25. The number of benzene rings is 1. The third kappa shape index (κ3) is 2.37. The number of nitrogens with zero attached hydrogens (tertiary/aromatic N) is 1. The van der Waals surface area contributed by atoms with Crippen LogP contribution in [-0.4, -0.2) is 16.7 Å². The average Bonchev–Trinajstić information content (AvgIpc) is 2.76. The van der Waals surface area contributed by atoms with Crippen LogP contribution in [0.5, 0.6) is 0 Å². The van der Waals surface area contributed by atoms with Gasteiger partial charge in [-0.3, -0.25) is 5.10 Å². The lowest BCUT2D eigenvalue weighted by Crippen LogP contribution is -1.99. The third-order valence-corrected chi connectivity index (χ3v) is 2.21. The Bertz CT molecular complexity index is 406. The molecule has 1 aromatic carbocycles. The van der Waals surface area contributed by atoms with Crippen molar-refractivity contribution in [3.8, 4) is 11.3 Å². The molecule has 0 saturated carbocycles. The largest absolute Gasteiger partial charge is 0.370 e. The molecular weight excluding hydrogens is 186 g/mol. The Morgan fingerprint density at radius 3 is 2.80 bits per heavy atom. The van der Waals surface area contributed by atoms with Gasteiger partial charge in [-0.05, 0) is 6.42 Å². The number of H-pyrrole nitrogens is 1. The van der Waals surface area contributed by atoms with Crippen molar-refractivity contribution in [3.05, 3.63) is 36.4 Å². The van der Waals surface area contributed by atoms with E-state index < -0.39 is 0 Å². The van der Waals surface area contributed by atoms with Gasteiger partial charge in [-0.15, -0.1) is 0 Å². The molecule has 2 rings (SSSR count). The van der Waals surface area contributed by atoms with E-state index in [0.29, 0.717) is 0 Å². The van der Waals surface area contributed by atoms with Crippen LogP contribution >= 0.6 is 0 Å². The molecule has 0 aliphatic carbocycles. The molecule has 0 aliphatic heterocycles. The van der Waals surface area contributed by atoms with E-state index in [1.165, 1.54) is 0 Å². The van der Waals surface area contributed by atoms with Crippen molar-refractivity contribution in [2.24, 2.45) is 0 Å². The summed E-state index contributed by atoms with van der Waals surface area (Å²) in [5, 5.41) is 10.5. The molecule has 0 fully saturated rings. The van der Waals surface area contributed by atoms with Crippen molar-refractivity contribution >= 4 is 5.82 Å². The topological polar surface area (TPSA) is 40.7 Å². The Morgan fingerprint density at radius 2 is 2.07 bits per heavy atom. The van der Waals surface area contributed by atoms with E-state index in [1.807, 2.05) is 24.3 Å². The van der Waals surface area contributed by atoms with E-state index in [0.717, 1.165) is 30.0 Å². The number of nitrogens with one attached hydrogen (secondary N) is 2. The maximum absolute atomic E-state index is 4.25. The fraction of sp³-hybridized carbons (Fsp3) is 0.250. The van der Waals surface area contributed by atoms with Gasteiger partial charge in [0.1, 0.15) is 5.82 Å². The van der Waals surface area contributed by atoms with Gasteiger partial charge in [-0.2, -0.15) is 5.10 Å². The predicted molar refractivity (Wildman–Crippen MR) is 62.8 cm³/mol. The quantitative estimate of drug-likeness (QED) is 0.798. The lowest BCUT2D eigenvalue weighted by atomic mass is 10.2. The highest BCUT2D eigenvalue weighted by molar-refractivity contribution is 5.62. The van der Waals surface area contributed by atoms with Crippen molar-refractivity contribution in [2.45, 2.75) is 13.3 Å². The van der Waals surface area contributed by atoms with Gasteiger partial charge < -0.3 is 5.32 Å². The summed E-state index contributed by atoms with van der Waals surface area (Å²) in [6.45, 7) is 3.11. The molecule has 0 atom stereocenters. The van der Waals surface area contributed by atoms with Crippen LogP contribution in [0.4, 0.5) is 5.82 Å². The summed E-state index contributed by atoms with van der Waals surface area (Å²) in [5.74, 6) is 0.982. The van der Waals surface area contributed by atoms with E-state index in [2.05, 4.69) is 34.6 Å². The molecule has 0 unspecified atom stereocenters. The number of anilines is 1. The summed E-state index contributed by atoms with van der Waals surface area (Å²) >= 11 is 0. The maximum atomic E-state index is 4.25. The normalized spacial score (nSPS) is 10.2. The Hall–Kier alpha value is -1.77. The van der Waals surface area contributed by atoms with Gasteiger partial charge in [0.2, 0.25) is 0 Å². The summed E-state index contributed by atoms with van der Waals surface area (Å²) in [5.41, 5.74) is 2.12. The number of aromatic amines is 1. The third-order valence-electron chi connectivity index (χ3n) is 2.21. The van der Waals surface area contributed by atoms with Gasteiger partial charge in [0.15, 0.2) is 0 Å². The highest BCUT2D eigenvalue weighted by atomic mass is 15.2. The van der Waals surface area contributed by atoms with E-state index in [1.54, 1.807) is 0 Å². The van der Waals surface area contributed by atoms with Crippen LogP contribution in [0.15, 0.2) is 36.4 Å². The monoisotopic (exact) mass is 201 g/mol. The minimum atomic E-state index is 0.969. The molecule has 0 aliphatic rings. The summed E-state index contributed by atoms with van der Waals surface area (Å²) in [4.78, 5) is 0. The van der Waals surface area contributed by atoms with Crippen LogP contribution in [0, 0.1) is 0 Å². The highest BCUT2D eigenvalue weighted by Crippen LogP contribution is 2.18. The summed E-state index contributed by atoms with van der Waals surface area (Å²) in [6, 6.07) is 12.2. The van der Waals surface area contributed by atoms with Crippen LogP contribution < -0.4 is 5.32 Å². The van der Waals surface area contributed by atoms with Crippen LogP contribution in [0.1, 0.15) is 13.3 Å². The zero-order chi connectivity index (χ0) is 10.5. The Morgan fingerprint density at radius 1 is 1.27 bits per heavy atom. The van der Waals surface area contributed by atoms with Crippen molar-refractivity contribution < 1.29 is 0 Å². The summed E-state index contributed by atoms with van der Waals surface area (Å²) in [6.07, 6.45) is 1.11. The predicted octanol–water partition coefficient (Wildman–Crippen LogP) is 2.90. The molecular formula is C12H15N3. The fourth-order valence-electron chi connectivity index (χ4n) is 1.43. The van der Waals surface area contributed by atoms with Crippen molar-refractivity contribution in [3.63, 3.8) is 0 Å². The molecule has 3 heteroatoms. The molecule has 0 amide bonds. The molecule has 0 radical (unpaired) electrons. The average molecular weight is 201 g/mol. The zero-order valence-corrected chi connectivity index (χ0v) is 8.83. The van der Waals surface area contributed by atoms with Crippen LogP contribution in [0.25, 0.3) is 11.3 Å². The van der Waals surface area contributed by atoms with Gasteiger partial charge >= 0.3 is 0 Å². The van der Waals surface area contributed by atoms with Gasteiger partial charge in [0, 0.05) is 18.2 Å². The molecule has 1 aromatic heterocycles. The Labute approximate surface area is 89.5 Å². The van der Waals surface area contributed by atoms with Gasteiger partial charge in [-0.1, -0.05) is 37.3 Å². The first-order valence-corrected chi connectivity index (χ1v) is 5.25. The minimum absolute atomic E-state index is 0.969. The van der Waals surface area contributed by atoms with E-state index >= 15 is 0 Å². The van der Waals surface area contributed by atoms with Gasteiger partial charge in [-0.25, -0.2) is 0 Å².